The maximum absolute atomic E-state index is 10.8. The summed E-state index contributed by atoms with van der Waals surface area (Å²) in [4.78, 5) is 3.91. The van der Waals surface area contributed by atoms with Gasteiger partial charge in [0.05, 0.1) is 5.60 Å². The minimum atomic E-state index is -0.571. The molecule has 3 nitrogen and oxygen atoms in total. The highest BCUT2D eigenvalue weighted by Gasteiger charge is 2.38. The fraction of sp³-hybridized carbons (Fsp3) is 0.579. The second-order valence-corrected chi connectivity index (χ2v) is 8.12. The number of methoxy groups -OCH3 is 1. The van der Waals surface area contributed by atoms with Crippen molar-refractivity contribution in [3.05, 3.63) is 34.7 Å². The topological polar surface area (TPSA) is 32.7 Å². The molecule has 3 rings (SSSR count). The molecule has 0 saturated carbocycles. The number of likely N-dealkylation sites (tertiary alicyclic amines) is 1. The summed E-state index contributed by atoms with van der Waals surface area (Å²) in [6, 6.07) is 8.68. The number of aryl methyl sites for hydroxylation is 1. The highest BCUT2D eigenvalue weighted by Crippen LogP contribution is 2.35. The third-order valence-corrected chi connectivity index (χ3v) is 6.46. The summed E-state index contributed by atoms with van der Waals surface area (Å²) in [6.07, 6.45) is 1.57. The summed E-state index contributed by atoms with van der Waals surface area (Å²) in [5.41, 5.74) is 0.887. The molecular weight excluding hydrogens is 306 g/mol. The van der Waals surface area contributed by atoms with Crippen LogP contribution >= 0.6 is 11.3 Å². The van der Waals surface area contributed by atoms with Crippen LogP contribution in [0.2, 0.25) is 0 Å². The Balaban J connectivity index is 1.71. The van der Waals surface area contributed by atoms with E-state index in [1.165, 1.54) is 20.5 Å². The highest BCUT2D eigenvalue weighted by atomic mass is 32.1. The van der Waals surface area contributed by atoms with E-state index in [0.29, 0.717) is 6.61 Å². The Labute approximate surface area is 142 Å². The SMILES string of the molecule is COCC[C@]1(O)CCN(Cc2c(C)sc3ccccc23)C[C@H]1C. The first-order valence-electron chi connectivity index (χ1n) is 8.44. The molecule has 1 N–H and O–H groups in total. The zero-order valence-corrected chi connectivity index (χ0v) is 15.2. The largest absolute Gasteiger partial charge is 0.389 e. The molecule has 0 spiro atoms. The molecule has 23 heavy (non-hydrogen) atoms. The summed E-state index contributed by atoms with van der Waals surface area (Å²) in [5, 5.41) is 12.2. The number of fused-ring (bicyclic) bond motifs is 1. The molecule has 126 valence electrons. The third-order valence-electron chi connectivity index (χ3n) is 5.33. The third kappa shape index (κ3) is 3.45. The lowest BCUT2D eigenvalue weighted by Gasteiger charge is -2.43. The van der Waals surface area contributed by atoms with E-state index in [4.69, 9.17) is 4.74 Å². The molecule has 0 radical (unpaired) electrons. The molecule has 2 heterocycles. The van der Waals surface area contributed by atoms with Crippen molar-refractivity contribution in [1.82, 2.24) is 4.90 Å². The van der Waals surface area contributed by atoms with Gasteiger partial charge in [-0.1, -0.05) is 25.1 Å². The smallest absolute Gasteiger partial charge is 0.0719 e. The van der Waals surface area contributed by atoms with Crippen molar-refractivity contribution in [3.8, 4) is 0 Å². The number of benzene rings is 1. The second-order valence-electron chi connectivity index (χ2n) is 6.87. The van der Waals surface area contributed by atoms with Crippen molar-refractivity contribution < 1.29 is 9.84 Å². The minimum absolute atomic E-state index is 0.275. The van der Waals surface area contributed by atoms with E-state index in [0.717, 1.165) is 32.5 Å². The van der Waals surface area contributed by atoms with Crippen LogP contribution < -0.4 is 0 Å². The average Bonchev–Trinajstić information content (AvgIpc) is 2.85. The van der Waals surface area contributed by atoms with Gasteiger partial charge in [-0.2, -0.15) is 0 Å². The van der Waals surface area contributed by atoms with E-state index >= 15 is 0 Å². The Morgan fingerprint density at radius 2 is 2.17 bits per heavy atom. The predicted octanol–water partition coefficient (Wildman–Crippen LogP) is 3.82. The van der Waals surface area contributed by atoms with E-state index in [1.54, 1.807) is 7.11 Å². The van der Waals surface area contributed by atoms with Gasteiger partial charge in [-0.15, -0.1) is 11.3 Å². The van der Waals surface area contributed by atoms with Crippen molar-refractivity contribution in [2.75, 3.05) is 26.8 Å². The molecule has 1 aromatic heterocycles. The van der Waals surface area contributed by atoms with Crippen LogP contribution in [0.5, 0.6) is 0 Å². The zero-order valence-electron chi connectivity index (χ0n) is 14.3. The number of thiophene rings is 1. The standard InChI is InChI=1S/C19H27NO2S/c1-14-12-20(10-8-19(14,21)9-11-22-3)13-17-15(2)23-18-7-5-4-6-16(17)18/h4-7,14,21H,8-13H2,1-3H3/t14-,19-/m1/s1. The number of hydrogen-bond donors (Lipinski definition) is 1. The Bertz CT molecular complexity index is 668. The normalized spacial score (nSPS) is 26.0. The molecule has 4 heteroatoms. The molecule has 2 atom stereocenters. The maximum atomic E-state index is 10.8. The molecule has 1 fully saturated rings. The van der Waals surface area contributed by atoms with E-state index in [-0.39, 0.29) is 5.92 Å². The van der Waals surface area contributed by atoms with Crippen LogP contribution in [-0.4, -0.2) is 42.4 Å². The summed E-state index contributed by atoms with van der Waals surface area (Å²) in [6.45, 7) is 7.91. The Morgan fingerprint density at radius 3 is 2.91 bits per heavy atom. The van der Waals surface area contributed by atoms with Gasteiger partial charge in [0, 0.05) is 42.9 Å². The molecule has 2 aromatic rings. The van der Waals surface area contributed by atoms with Crippen LogP contribution in [0, 0.1) is 12.8 Å². The first-order chi connectivity index (χ1) is 11.0. The molecule has 0 aliphatic carbocycles. The zero-order chi connectivity index (χ0) is 16.4. The molecular formula is C19H27NO2S. The highest BCUT2D eigenvalue weighted by molar-refractivity contribution is 7.19. The average molecular weight is 333 g/mol. The van der Waals surface area contributed by atoms with Gasteiger partial charge < -0.3 is 9.84 Å². The van der Waals surface area contributed by atoms with Gasteiger partial charge in [0.15, 0.2) is 0 Å². The molecule has 1 aliphatic heterocycles. The Morgan fingerprint density at radius 1 is 1.39 bits per heavy atom. The van der Waals surface area contributed by atoms with Crippen molar-refractivity contribution in [2.45, 2.75) is 38.8 Å². The van der Waals surface area contributed by atoms with E-state index < -0.39 is 5.60 Å². The quantitative estimate of drug-likeness (QED) is 0.903. The predicted molar refractivity (Wildman–Crippen MR) is 97.1 cm³/mol. The van der Waals surface area contributed by atoms with Gasteiger partial charge >= 0.3 is 0 Å². The van der Waals surface area contributed by atoms with Crippen LogP contribution in [0.15, 0.2) is 24.3 Å². The fourth-order valence-electron chi connectivity index (χ4n) is 3.68. The number of ether oxygens (including phenoxy) is 1. The van der Waals surface area contributed by atoms with Crippen molar-refractivity contribution >= 4 is 21.4 Å². The van der Waals surface area contributed by atoms with Crippen LogP contribution in [0.1, 0.15) is 30.2 Å². The lowest BCUT2D eigenvalue weighted by atomic mass is 9.80. The monoisotopic (exact) mass is 333 g/mol. The van der Waals surface area contributed by atoms with Crippen LogP contribution in [0.25, 0.3) is 10.1 Å². The van der Waals surface area contributed by atoms with Crippen molar-refractivity contribution in [1.29, 1.82) is 0 Å². The summed E-state index contributed by atoms with van der Waals surface area (Å²) >= 11 is 1.89. The molecule has 0 amide bonds. The summed E-state index contributed by atoms with van der Waals surface area (Å²) < 4.78 is 6.54. The lowest BCUT2D eigenvalue weighted by molar-refractivity contribution is -0.0826. The number of nitrogens with zero attached hydrogens (tertiary/aromatic N) is 1. The number of hydrogen-bond acceptors (Lipinski definition) is 4. The Kier molecular flexibility index (Phi) is 5.07. The first-order valence-corrected chi connectivity index (χ1v) is 9.26. The van der Waals surface area contributed by atoms with Gasteiger partial charge in [0.2, 0.25) is 0 Å². The van der Waals surface area contributed by atoms with Crippen LogP contribution in [0.3, 0.4) is 0 Å². The molecule has 1 saturated heterocycles. The van der Waals surface area contributed by atoms with Crippen molar-refractivity contribution in [3.63, 3.8) is 0 Å². The van der Waals surface area contributed by atoms with E-state index in [2.05, 4.69) is 43.0 Å². The number of rotatable bonds is 5. The number of piperidine rings is 1. The molecule has 1 aromatic carbocycles. The summed E-state index contributed by atoms with van der Waals surface area (Å²) in [7, 11) is 1.70. The van der Waals surface area contributed by atoms with Gasteiger partial charge in [-0.05, 0) is 42.7 Å². The van der Waals surface area contributed by atoms with E-state index in [1.807, 2.05) is 11.3 Å². The Hall–Kier alpha value is -0.940. The minimum Gasteiger partial charge on any atom is -0.389 e. The first kappa shape index (κ1) is 16.9. The van der Waals surface area contributed by atoms with Gasteiger partial charge in [-0.3, -0.25) is 4.90 Å². The maximum Gasteiger partial charge on any atom is 0.0719 e. The summed E-state index contributed by atoms with van der Waals surface area (Å²) in [5.74, 6) is 0.275. The molecule has 1 aliphatic rings. The van der Waals surface area contributed by atoms with E-state index in [9.17, 15) is 5.11 Å². The number of aliphatic hydroxyl groups is 1. The van der Waals surface area contributed by atoms with Crippen molar-refractivity contribution in [2.24, 2.45) is 5.92 Å². The van der Waals surface area contributed by atoms with Gasteiger partial charge in [-0.25, -0.2) is 0 Å². The van der Waals surface area contributed by atoms with Crippen LogP contribution in [0.4, 0.5) is 0 Å². The molecule has 0 bridgehead atoms. The molecule has 0 unspecified atom stereocenters. The fourth-order valence-corrected chi connectivity index (χ4v) is 4.76. The van der Waals surface area contributed by atoms with Gasteiger partial charge in [0.1, 0.15) is 0 Å². The van der Waals surface area contributed by atoms with Crippen LogP contribution in [-0.2, 0) is 11.3 Å². The second kappa shape index (κ2) is 6.89. The lowest BCUT2D eigenvalue weighted by Crippen LogP contribution is -2.51. The van der Waals surface area contributed by atoms with Gasteiger partial charge in [0.25, 0.3) is 0 Å².